The van der Waals surface area contributed by atoms with E-state index in [0.717, 1.165) is 50.5 Å². The predicted octanol–water partition coefficient (Wildman–Crippen LogP) is 2.72. The van der Waals surface area contributed by atoms with E-state index in [1.165, 1.54) is 11.3 Å². The van der Waals surface area contributed by atoms with Gasteiger partial charge in [-0.05, 0) is 29.7 Å². The molecule has 4 rings (SSSR count). The van der Waals surface area contributed by atoms with Crippen LogP contribution in [0.15, 0.2) is 48.5 Å². The quantitative estimate of drug-likeness (QED) is 0.930. The Kier molecular flexibility index (Phi) is 4.64. The van der Waals surface area contributed by atoms with Gasteiger partial charge in [0.15, 0.2) is 0 Å². The molecule has 0 aromatic heterocycles. The Balaban J connectivity index is 1.36. The average molecular weight is 338 g/mol. The second-order valence-corrected chi connectivity index (χ2v) is 7.07. The summed E-state index contributed by atoms with van der Waals surface area (Å²) in [4.78, 5) is 4.89. The Hall–Kier alpha value is -2.04. The van der Waals surface area contributed by atoms with E-state index in [1.807, 2.05) is 18.2 Å². The summed E-state index contributed by atoms with van der Waals surface area (Å²) in [5.74, 6) is 1.26. The number of anilines is 1. The smallest absolute Gasteiger partial charge is 0.142 e. The summed E-state index contributed by atoms with van der Waals surface area (Å²) in [6.07, 6.45) is 0.674. The molecule has 1 aliphatic heterocycles. The third-order valence-corrected chi connectivity index (χ3v) is 5.59. The minimum absolute atomic E-state index is 0.315. The number of nitrogens with zero attached hydrogens (tertiary/aromatic N) is 2. The lowest BCUT2D eigenvalue weighted by atomic mass is 10.0. The van der Waals surface area contributed by atoms with Crippen molar-refractivity contribution in [3.05, 3.63) is 59.7 Å². The van der Waals surface area contributed by atoms with Crippen LogP contribution in [0.3, 0.4) is 0 Å². The van der Waals surface area contributed by atoms with E-state index in [0.29, 0.717) is 5.92 Å². The minimum atomic E-state index is -0.316. The topological polar surface area (TPSA) is 35.9 Å². The summed E-state index contributed by atoms with van der Waals surface area (Å²) in [7, 11) is 1.73. The molecular weight excluding hydrogens is 312 g/mol. The van der Waals surface area contributed by atoms with Crippen molar-refractivity contribution in [3.8, 4) is 5.75 Å². The number of hydrogen-bond donors (Lipinski definition) is 1. The lowest BCUT2D eigenvalue weighted by molar-refractivity contribution is 0.0901. The molecule has 1 N–H and O–H groups in total. The molecule has 0 radical (unpaired) electrons. The van der Waals surface area contributed by atoms with Crippen LogP contribution in [0.1, 0.15) is 17.2 Å². The third kappa shape index (κ3) is 3.24. The first-order valence-corrected chi connectivity index (χ1v) is 9.12. The molecule has 2 atom stereocenters. The number of fused-ring (bicyclic) bond motifs is 1. The molecule has 2 aliphatic rings. The maximum absolute atomic E-state index is 10.6. The van der Waals surface area contributed by atoms with E-state index in [4.69, 9.17) is 4.74 Å². The Morgan fingerprint density at radius 2 is 1.72 bits per heavy atom. The van der Waals surface area contributed by atoms with Crippen molar-refractivity contribution >= 4 is 5.69 Å². The fourth-order valence-electron chi connectivity index (χ4n) is 4.22. The summed E-state index contributed by atoms with van der Waals surface area (Å²) in [6, 6.07) is 16.5. The van der Waals surface area contributed by atoms with Gasteiger partial charge in [0.05, 0.1) is 18.9 Å². The van der Waals surface area contributed by atoms with Gasteiger partial charge >= 0.3 is 0 Å². The number of para-hydroxylation sites is 2. The highest BCUT2D eigenvalue weighted by Gasteiger charge is 2.32. The Morgan fingerprint density at radius 1 is 1.00 bits per heavy atom. The van der Waals surface area contributed by atoms with Gasteiger partial charge in [0.25, 0.3) is 0 Å². The number of aliphatic hydroxyl groups excluding tert-OH is 1. The first-order chi connectivity index (χ1) is 12.3. The van der Waals surface area contributed by atoms with E-state index < -0.39 is 0 Å². The van der Waals surface area contributed by atoms with Crippen molar-refractivity contribution in [1.82, 2.24) is 4.90 Å². The van der Waals surface area contributed by atoms with Gasteiger partial charge in [0.2, 0.25) is 0 Å². The highest BCUT2D eigenvalue weighted by atomic mass is 16.5. The van der Waals surface area contributed by atoms with Crippen molar-refractivity contribution in [2.75, 3.05) is 44.7 Å². The molecule has 2 unspecified atom stereocenters. The molecule has 0 amide bonds. The molecule has 2 aromatic rings. The highest BCUT2D eigenvalue weighted by Crippen LogP contribution is 2.36. The monoisotopic (exact) mass is 338 g/mol. The number of hydrogen-bond acceptors (Lipinski definition) is 4. The van der Waals surface area contributed by atoms with Gasteiger partial charge in [-0.15, -0.1) is 0 Å². The van der Waals surface area contributed by atoms with Gasteiger partial charge < -0.3 is 14.7 Å². The van der Waals surface area contributed by atoms with E-state index >= 15 is 0 Å². The number of piperazine rings is 1. The fraction of sp³-hybridized carbons (Fsp3) is 0.429. The zero-order valence-corrected chi connectivity index (χ0v) is 14.8. The molecular formula is C21H26N2O2. The molecule has 4 heteroatoms. The van der Waals surface area contributed by atoms with E-state index in [9.17, 15) is 5.11 Å². The van der Waals surface area contributed by atoms with Crippen LogP contribution in [0.25, 0.3) is 0 Å². The molecule has 0 bridgehead atoms. The van der Waals surface area contributed by atoms with Gasteiger partial charge in [-0.25, -0.2) is 0 Å². The maximum Gasteiger partial charge on any atom is 0.142 e. The first-order valence-electron chi connectivity index (χ1n) is 9.12. The normalized spacial score (nSPS) is 23.5. The van der Waals surface area contributed by atoms with Crippen molar-refractivity contribution < 1.29 is 9.84 Å². The Labute approximate surface area is 149 Å². The molecule has 0 saturated carbocycles. The zero-order valence-electron chi connectivity index (χ0n) is 14.8. The lowest BCUT2D eigenvalue weighted by Gasteiger charge is -2.38. The van der Waals surface area contributed by atoms with Crippen molar-refractivity contribution in [2.45, 2.75) is 12.5 Å². The van der Waals surface area contributed by atoms with Gasteiger partial charge in [0.1, 0.15) is 5.75 Å². The van der Waals surface area contributed by atoms with E-state index in [-0.39, 0.29) is 6.10 Å². The molecule has 1 heterocycles. The van der Waals surface area contributed by atoms with Crippen LogP contribution < -0.4 is 9.64 Å². The molecule has 1 saturated heterocycles. The number of methoxy groups -OCH3 is 1. The van der Waals surface area contributed by atoms with Crippen LogP contribution in [-0.4, -0.2) is 49.8 Å². The second-order valence-electron chi connectivity index (χ2n) is 7.07. The number of ether oxygens (including phenoxy) is 1. The molecule has 2 aromatic carbocycles. The van der Waals surface area contributed by atoms with Crippen LogP contribution in [0.5, 0.6) is 5.75 Å². The highest BCUT2D eigenvalue weighted by molar-refractivity contribution is 5.58. The summed E-state index contributed by atoms with van der Waals surface area (Å²) in [5, 5.41) is 10.6. The lowest BCUT2D eigenvalue weighted by Crippen LogP contribution is -2.48. The predicted molar refractivity (Wildman–Crippen MR) is 100 cm³/mol. The van der Waals surface area contributed by atoms with Crippen LogP contribution in [0, 0.1) is 5.92 Å². The average Bonchev–Trinajstić information content (AvgIpc) is 2.98. The summed E-state index contributed by atoms with van der Waals surface area (Å²) < 4.78 is 5.49. The van der Waals surface area contributed by atoms with Gasteiger partial charge in [-0.3, -0.25) is 4.90 Å². The summed E-state index contributed by atoms with van der Waals surface area (Å²) in [6.45, 7) is 5.01. The van der Waals surface area contributed by atoms with Gasteiger partial charge in [-0.2, -0.15) is 0 Å². The van der Waals surface area contributed by atoms with Crippen molar-refractivity contribution in [2.24, 2.45) is 5.92 Å². The van der Waals surface area contributed by atoms with Crippen LogP contribution in [-0.2, 0) is 6.42 Å². The van der Waals surface area contributed by atoms with Gasteiger partial charge in [-0.1, -0.05) is 36.4 Å². The largest absolute Gasteiger partial charge is 0.495 e. The van der Waals surface area contributed by atoms with Crippen molar-refractivity contribution in [1.29, 1.82) is 0 Å². The number of aliphatic hydroxyl groups is 1. The minimum Gasteiger partial charge on any atom is -0.495 e. The fourth-order valence-corrected chi connectivity index (χ4v) is 4.22. The van der Waals surface area contributed by atoms with Crippen LogP contribution in [0.4, 0.5) is 5.69 Å². The summed E-state index contributed by atoms with van der Waals surface area (Å²) >= 11 is 0. The molecule has 4 nitrogen and oxygen atoms in total. The van der Waals surface area contributed by atoms with Crippen LogP contribution in [0.2, 0.25) is 0 Å². The standard InChI is InChI=1S/C21H26N2O2/c1-25-20-9-5-4-8-19(20)23-12-10-22(11-13-23)15-17-14-16-6-2-3-7-18(16)21(17)24/h2-9,17,21,24H,10-15H2,1H3. The SMILES string of the molecule is COc1ccccc1N1CCN(CC2Cc3ccccc3C2O)CC1. The Bertz CT molecular complexity index is 725. The molecule has 1 fully saturated rings. The number of rotatable bonds is 4. The Morgan fingerprint density at radius 3 is 2.48 bits per heavy atom. The van der Waals surface area contributed by atoms with E-state index in [1.54, 1.807) is 7.11 Å². The zero-order chi connectivity index (χ0) is 17.2. The van der Waals surface area contributed by atoms with E-state index in [2.05, 4.69) is 40.1 Å². The van der Waals surface area contributed by atoms with Gasteiger partial charge in [0, 0.05) is 38.6 Å². The molecule has 0 spiro atoms. The maximum atomic E-state index is 10.6. The van der Waals surface area contributed by atoms with Crippen molar-refractivity contribution in [3.63, 3.8) is 0 Å². The molecule has 132 valence electrons. The first kappa shape index (κ1) is 16.4. The summed E-state index contributed by atoms with van der Waals surface area (Å²) in [5.41, 5.74) is 3.62. The molecule has 25 heavy (non-hydrogen) atoms. The molecule has 1 aliphatic carbocycles. The second kappa shape index (κ2) is 7.06. The number of benzene rings is 2. The van der Waals surface area contributed by atoms with Crippen LogP contribution >= 0.6 is 0 Å². The third-order valence-electron chi connectivity index (χ3n) is 5.59.